The summed E-state index contributed by atoms with van der Waals surface area (Å²) in [5.41, 5.74) is 1.25. The number of carbonyl (C=O) groups is 3. The Morgan fingerprint density at radius 3 is 2.52 bits per heavy atom. The first-order valence-corrected chi connectivity index (χ1v) is 10.5. The number of benzene rings is 3. The van der Waals surface area contributed by atoms with Crippen LogP contribution in [0.5, 0.6) is 5.75 Å². The van der Waals surface area contributed by atoms with Crippen LogP contribution in [0.2, 0.25) is 0 Å². The van der Waals surface area contributed by atoms with Crippen LogP contribution in [0.4, 0.5) is 10.5 Å². The summed E-state index contributed by atoms with van der Waals surface area (Å²) in [5, 5.41) is 20.8. The summed E-state index contributed by atoms with van der Waals surface area (Å²) in [6, 6.07) is 17.0. The third kappa shape index (κ3) is 4.70. The van der Waals surface area contributed by atoms with Gasteiger partial charge in [0.1, 0.15) is 18.9 Å². The number of rotatable bonds is 7. The Bertz CT molecular complexity index is 1320. The summed E-state index contributed by atoms with van der Waals surface area (Å²) in [7, 11) is 0. The fraction of sp³-hybridized carbons (Fsp3) is 0.0870. The van der Waals surface area contributed by atoms with Gasteiger partial charge in [0.2, 0.25) is 0 Å². The molecule has 1 heterocycles. The molecular weight excluding hydrogens is 448 g/mol. The number of amides is 2. The number of hydrogen-bond donors (Lipinski definition) is 1. The minimum absolute atomic E-state index is 0.0257. The number of ether oxygens (including phenoxy) is 1. The maximum Gasteiger partial charge on any atom is 0.323 e. The Balaban J connectivity index is 1.68. The van der Waals surface area contributed by atoms with E-state index in [9.17, 15) is 24.5 Å². The van der Waals surface area contributed by atoms with E-state index in [1.807, 2.05) is 30.3 Å². The van der Waals surface area contributed by atoms with Gasteiger partial charge in [0.05, 0.1) is 9.83 Å². The average molecular weight is 464 g/mol. The van der Waals surface area contributed by atoms with Crippen LogP contribution in [0.1, 0.15) is 11.1 Å². The average Bonchev–Trinajstić information content (AvgIpc) is 3.05. The van der Waals surface area contributed by atoms with E-state index in [4.69, 9.17) is 9.84 Å². The SMILES string of the molecule is O=C(O)CN1C(=O)S/C(=C/c2c(OCc3ccc([N+](=O)[O-])cc3)ccc3ccccc23)C1=O. The van der Waals surface area contributed by atoms with Gasteiger partial charge in [-0.25, -0.2) is 0 Å². The molecule has 33 heavy (non-hydrogen) atoms. The lowest BCUT2D eigenvalue weighted by molar-refractivity contribution is -0.384. The molecule has 0 spiro atoms. The van der Waals surface area contributed by atoms with Crippen LogP contribution in [-0.2, 0) is 16.2 Å². The van der Waals surface area contributed by atoms with Gasteiger partial charge in [0, 0.05) is 17.7 Å². The Labute approximate surface area is 191 Å². The third-order valence-corrected chi connectivity index (χ3v) is 5.82. The molecule has 1 fully saturated rings. The van der Waals surface area contributed by atoms with Crippen molar-refractivity contribution in [2.75, 3.05) is 6.54 Å². The quantitative estimate of drug-likeness (QED) is 0.309. The van der Waals surface area contributed by atoms with E-state index in [1.165, 1.54) is 18.2 Å². The van der Waals surface area contributed by atoms with Crippen LogP contribution in [-0.4, -0.2) is 38.6 Å². The van der Waals surface area contributed by atoms with Gasteiger partial charge in [-0.1, -0.05) is 30.3 Å². The normalized spacial score (nSPS) is 14.8. The minimum Gasteiger partial charge on any atom is -0.488 e. The largest absolute Gasteiger partial charge is 0.488 e. The number of nitro benzene ring substituents is 1. The second-order valence-corrected chi connectivity index (χ2v) is 8.07. The molecule has 1 N–H and O–H groups in total. The van der Waals surface area contributed by atoms with Crippen LogP contribution in [0, 0.1) is 10.1 Å². The molecule has 166 valence electrons. The number of thioether (sulfide) groups is 1. The summed E-state index contributed by atoms with van der Waals surface area (Å²) in [6.45, 7) is -0.585. The molecule has 0 saturated carbocycles. The van der Waals surface area contributed by atoms with Crippen molar-refractivity contribution in [3.05, 3.63) is 86.8 Å². The van der Waals surface area contributed by atoms with Crippen LogP contribution >= 0.6 is 11.8 Å². The molecule has 3 aromatic carbocycles. The Kier molecular flexibility index (Phi) is 6.09. The van der Waals surface area contributed by atoms with Crippen LogP contribution in [0.3, 0.4) is 0 Å². The number of nitro groups is 1. The Hall–Kier alpha value is -4.18. The van der Waals surface area contributed by atoms with Crippen molar-refractivity contribution in [3.63, 3.8) is 0 Å². The molecular formula is C23H16N2O7S. The molecule has 0 atom stereocenters. The predicted octanol–water partition coefficient (Wildman–Crippen LogP) is 4.45. The highest BCUT2D eigenvalue weighted by Gasteiger charge is 2.36. The van der Waals surface area contributed by atoms with Crippen molar-refractivity contribution in [1.29, 1.82) is 0 Å². The first-order chi connectivity index (χ1) is 15.8. The zero-order chi connectivity index (χ0) is 23.5. The summed E-state index contributed by atoms with van der Waals surface area (Å²) >= 11 is 0.670. The fourth-order valence-electron chi connectivity index (χ4n) is 3.33. The smallest absolute Gasteiger partial charge is 0.323 e. The zero-order valence-corrected chi connectivity index (χ0v) is 17.8. The number of nitrogens with zero attached hydrogens (tertiary/aromatic N) is 2. The molecule has 9 nitrogen and oxygen atoms in total. The highest BCUT2D eigenvalue weighted by Crippen LogP contribution is 2.37. The molecule has 2 amide bonds. The van der Waals surface area contributed by atoms with Crippen molar-refractivity contribution in [2.24, 2.45) is 0 Å². The van der Waals surface area contributed by atoms with Crippen molar-refractivity contribution < 1.29 is 29.2 Å². The number of fused-ring (bicyclic) bond motifs is 1. The minimum atomic E-state index is -1.28. The van der Waals surface area contributed by atoms with E-state index in [2.05, 4.69) is 0 Å². The van der Waals surface area contributed by atoms with E-state index in [-0.39, 0.29) is 17.2 Å². The number of hydrogen-bond acceptors (Lipinski definition) is 7. The maximum atomic E-state index is 12.6. The van der Waals surface area contributed by atoms with Gasteiger partial charge in [-0.05, 0) is 52.4 Å². The number of carbonyl (C=O) groups excluding carboxylic acids is 2. The number of aliphatic carboxylic acids is 1. The fourth-order valence-corrected chi connectivity index (χ4v) is 4.15. The molecule has 0 radical (unpaired) electrons. The van der Waals surface area contributed by atoms with Crippen molar-refractivity contribution in [1.82, 2.24) is 4.90 Å². The van der Waals surface area contributed by atoms with E-state index in [0.29, 0.717) is 33.5 Å². The standard InChI is InChI=1S/C23H16N2O7S/c26-21(27)12-24-22(28)20(33-23(24)29)11-18-17-4-2-1-3-15(17)7-10-19(18)32-13-14-5-8-16(9-6-14)25(30)31/h1-11H,12-13H2,(H,26,27)/b20-11+. The van der Waals surface area contributed by atoms with Gasteiger partial charge in [0.15, 0.2) is 0 Å². The lowest BCUT2D eigenvalue weighted by atomic mass is 10.0. The number of carboxylic acids is 1. The van der Waals surface area contributed by atoms with Crippen molar-refractivity contribution in [2.45, 2.75) is 6.61 Å². The van der Waals surface area contributed by atoms with Crippen LogP contribution in [0.15, 0.2) is 65.6 Å². The second-order valence-electron chi connectivity index (χ2n) is 7.07. The highest BCUT2D eigenvalue weighted by atomic mass is 32.2. The van der Waals surface area contributed by atoms with Gasteiger partial charge in [0.25, 0.3) is 16.8 Å². The summed E-state index contributed by atoms with van der Waals surface area (Å²) in [6.07, 6.45) is 1.53. The van der Waals surface area contributed by atoms with Crippen LogP contribution < -0.4 is 4.74 Å². The molecule has 0 unspecified atom stereocenters. The van der Waals surface area contributed by atoms with E-state index >= 15 is 0 Å². The molecule has 1 aliphatic rings. The van der Waals surface area contributed by atoms with Gasteiger partial charge in [-0.3, -0.25) is 29.4 Å². The van der Waals surface area contributed by atoms with Crippen molar-refractivity contribution >= 4 is 51.4 Å². The van der Waals surface area contributed by atoms with E-state index in [0.717, 1.165) is 10.8 Å². The highest BCUT2D eigenvalue weighted by molar-refractivity contribution is 8.18. The zero-order valence-electron chi connectivity index (χ0n) is 17.0. The first-order valence-electron chi connectivity index (χ1n) is 9.68. The maximum absolute atomic E-state index is 12.6. The Morgan fingerprint density at radius 1 is 1.09 bits per heavy atom. The summed E-state index contributed by atoms with van der Waals surface area (Å²) in [5.74, 6) is -1.52. The molecule has 3 aromatic rings. The number of non-ortho nitro benzene ring substituents is 1. The lowest BCUT2D eigenvalue weighted by Gasteiger charge is -2.13. The van der Waals surface area contributed by atoms with Crippen LogP contribution in [0.25, 0.3) is 16.8 Å². The molecule has 0 aromatic heterocycles. The summed E-state index contributed by atoms with van der Waals surface area (Å²) in [4.78, 5) is 46.9. The summed E-state index contributed by atoms with van der Waals surface area (Å²) < 4.78 is 5.97. The van der Waals surface area contributed by atoms with Crippen molar-refractivity contribution in [3.8, 4) is 5.75 Å². The topological polar surface area (TPSA) is 127 Å². The lowest BCUT2D eigenvalue weighted by Crippen LogP contribution is -2.33. The van der Waals surface area contributed by atoms with Gasteiger partial charge in [-0.15, -0.1) is 0 Å². The number of imide groups is 1. The molecule has 4 rings (SSSR count). The molecule has 1 saturated heterocycles. The molecule has 0 bridgehead atoms. The van der Waals surface area contributed by atoms with Gasteiger partial charge >= 0.3 is 5.97 Å². The van der Waals surface area contributed by atoms with Gasteiger partial charge < -0.3 is 9.84 Å². The number of carboxylic acid groups (broad SMARTS) is 1. The third-order valence-electron chi connectivity index (χ3n) is 4.91. The first kappa shape index (κ1) is 22.0. The Morgan fingerprint density at radius 2 is 1.82 bits per heavy atom. The molecule has 1 aliphatic heterocycles. The second kappa shape index (κ2) is 9.13. The predicted molar refractivity (Wildman–Crippen MR) is 122 cm³/mol. The van der Waals surface area contributed by atoms with E-state index in [1.54, 1.807) is 18.2 Å². The van der Waals surface area contributed by atoms with E-state index < -0.39 is 28.6 Å². The molecule has 10 heteroatoms. The molecule has 0 aliphatic carbocycles. The monoisotopic (exact) mass is 464 g/mol. The van der Waals surface area contributed by atoms with Gasteiger partial charge in [-0.2, -0.15) is 0 Å².